The van der Waals surface area contributed by atoms with E-state index in [1.54, 1.807) is 0 Å². The molecule has 2 heteroatoms. The average molecular weight is 677 g/mol. The number of para-hydroxylation sites is 1. The molecule has 0 aliphatic heterocycles. The molecule has 0 fully saturated rings. The summed E-state index contributed by atoms with van der Waals surface area (Å²) in [6, 6.07) is 73.1. The van der Waals surface area contributed by atoms with E-state index in [1.807, 2.05) is 12.1 Å². The minimum absolute atomic E-state index is 0.524. The van der Waals surface area contributed by atoms with E-state index in [0.29, 0.717) is 0 Å². The minimum atomic E-state index is -0.524. The lowest BCUT2D eigenvalue weighted by Gasteiger charge is -2.33. The Bertz CT molecular complexity index is 2470. The van der Waals surface area contributed by atoms with Crippen molar-refractivity contribution in [1.82, 2.24) is 0 Å². The number of benzene rings is 7. The van der Waals surface area contributed by atoms with Crippen LogP contribution in [0.5, 0.6) is 0 Å². The van der Waals surface area contributed by atoms with Gasteiger partial charge in [-0.15, -0.1) is 0 Å². The highest BCUT2D eigenvalue weighted by Gasteiger charge is 2.52. The smallest absolute Gasteiger partial charge is 0.0973 e. The summed E-state index contributed by atoms with van der Waals surface area (Å²) in [6.45, 7) is 4.31. The molecule has 0 aromatic heterocycles. The number of nitrogens with zero attached hydrogens (tertiary/aromatic N) is 2. The van der Waals surface area contributed by atoms with Crippen molar-refractivity contribution < 1.29 is 0 Å². The van der Waals surface area contributed by atoms with Gasteiger partial charge in [0.25, 0.3) is 0 Å². The maximum Gasteiger partial charge on any atom is 0.0973 e. The first kappa shape index (κ1) is 31.0. The van der Waals surface area contributed by atoms with Crippen LogP contribution in [0.15, 0.2) is 182 Å². The van der Waals surface area contributed by atoms with Crippen LogP contribution in [0.2, 0.25) is 0 Å². The summed E-state index contributed by atoms with van der Waals surface area (Å²) in [5.74, 6) is 0. The van der Waals surface area contributed by atoms with Crippen molar-refractivity contribution in [2.24, 2.45) is 0 Å². The van der Waals surface area contributed by atoms with E-state index in [-0.39, 0.29) is 0 Å². The van der Waals surface area contributed by atoms with Crippen LogP contribution in [0, 0.1) is 26.0 Å². The van der Waals surface area contributed by atoms with Crippen molar-refractivity contribution in [2.75, 3.05) is 9.80 Å². The zero-order valence-corrected chi connectivity index (χ0v) is 29.7. The molecule has 0 radical (unpaired) electrons. The number of anilines is 6. The van der Waals surface area contributed by atoms with Crippen molar-refractivity contribution in [1.29, 1.82) is 0 Å². The quantitative estimate of drug-likeness (QED) is 0.173. The van der Waals surface area contributed by atoms with Crippen molar-refractivity contribution >= 4 is 34.1 Å². The summed E-state index contributed by atoms with van der Waals surface area (Å²) in [5, 5.41) is 0. The van der Waals surface area contributed by atoms with Gasteiger partial charge in [0.2, 0.25) is 0 Å². The first-order valence-corrected chi connectivity index (χ1v) is 18.3. The van der Waals surface area contributed by atoms with Crippen molar-refractivity contribution in [3.8, 4) is 22.3 Å². The molecule has 0 atom stereocenters. The molecule has 0 bridgehead atoms. The fourth-order valence-electron chi connectivity index (χ4n) is 8.85. The highest BCUT2D eigenvalue weighted by molar-refractivity contribution is 5.97. The number of hydrogen-bond donors (Lipinski definition) is 0. The van der Waals surface area contributed by atoms with Gasteiger partial charge in [0.1, 0.15) is 0 Å². The van der Waals surface area contributed by atoms with E-state index < -0.39 is 5.41 Å². The summed E-state index contributed by atoms with van der Waals surface area (Å²) in [6.07, 6.45) is 0. The Hall–Kier alpha value is -6.82. The molecule has 8 aromatic rings. The number of rotatable bonds is 6. The molecule has 0 saturated heterocycles. The predicted octanol–water partition coefficient (Wildman–Crippen LogP) is 13.2. The Labute approximate surface area is 311 Å². The second-order valence-electron chi connectivity index (χ2n) is 14.2. The normalized spacial score (nSPS) is 12.7. The monoisotopic (exact) mass is 676 g/mol. The molecule has 1 spiro atoms. The lowest BCUT2D eigenvalue weighted by molar-refractivity contribution is 0.793. The van der Waals surface area contributed by atoms with E-state index in [9.17, 15) is 0 Å². The van der Waals surface area contributed by atoms with Gasteiger partial charge in [0.15, 0.2) is 0 Å². The van der Waals surface area contributed by atoms with Crippen LogP contribution in [0.3, 0.4) is 0 Å². The minimum Gasteiger partial charge on any atom is -0.310 e. The van der Waals surface area contributed by atoms with E-state index in [4.69, 9.17) is 0 Å². The van der Waals surface area contributed by atoms with Gasteiger partial charge < -0.3 is 9.80 Å². The van der Waals surface area contributed by atoms with Crippen LogP contribution in [0.25, 0.3) is 22.3 Å². The molecule has 8 aromatic carbocycles. The van der Waals surface area contributed by atoms with Crippen LogP contribution >= 0.6 is 0 Å². The van der Waals surface area contributed by atoms with E-state index in [2.05, 4.69) is 206 Å². The lowest BCUT2D eigenvalue weighted by atomic mass is 9.70. The van der Waals surface area contributed by atoms with Gasteiger partial charge in [0, 0.05) is 28.4 Å². The second kappa shape index (κ2) is 12.2. The summed E-state index contributed by atoms with van der Waals surface area (Å²) < 4.78 is 0. The third-order valence-corrected chi connectivity index (χ3v) is 11.0. The zero-order valence-electron chi connectivity index (χ0n) is 29.7. The highest BCUT2D eigenvalue weighted by Crippen LogP contribution is 2.64. The average Bonchev–Trinajstić information content (AvgIpc) is 3.66. The Morgan fingerprint density at radius 3 is 1.43 bits per heavy atom. The third-order valence-electron chi connectivity index (χ3n) is 11.0. The van der Waals surface area contributed by atoms with Crippen molar-refractivity contribution in [2.45, 2.75) is 19.3 Å². The number of aryl methyl sites for hydroxylation is 2. The molecule has 0 heterocycles. The summed E-state index contributed by atoms with van der Waals surface area (Å²) in [5.41, 5.74) is 18.8. The molecule has 0 N–H and O–H groups in total. The van der Waals surface area contributed by atoms with Crippen molar-refractivity contribution in [3.63, 3.8) is 0 Å². The van der Waals surface area contributed by atoms with E-state index >= 15 is 0 Å². The number of fused-ring (bicyclic) bond motifs is 10. The van der Waals surface area contributed by atoms with Gasteiger partial charge in [0.05, 0.1) is 11.1 Å². The molecule has 2 aliphatic rings. The molecular formula is C51H36N2. The molecule has 0 amide bonds. The summed E-state index contributed by atoms with van der Waals surface area (Å²) in [7, 11) is 0. The van der Waals surface area contributed by atoms with Gasteiger partial charge in [-0.2, -0.15) is 0 Å². The Kier molecular flexibility index (Phi) is 7.10. The third kappa shape index (κ3) is 4.75. The summed E-state index contributed by atoms with van der Waals surface area (Å²) >= 11 is 0. The SMILES string of the molecule is Cc1cccc(N(c2c#cccc2)c2ccc3c(c2)C2(c4ccccc4-c4ccccc42)c2cc(N(c4ccccc4)c4cccc(C)c4)ccc2-3)c1. The van der Waals surface area contributed by atoms with E-state index in [1.165, 1.54) is 55.6 Å². The van der Waals surface area contributed by atoms with Crippen LogP contribution in [0.1, 0.15) is 33.4 Å². The molecule has 53 heavy (non-hydrogen) atoms. The molecular weight excluding hydrogens is 641 g/mol. The number of hydrogen-bond acceptors (Lipinski definition) is 2. The van der Waals surface area contributed by atoms with E-state index in [0.717, 1.165) is 34.1 Å². The first-order chi connectivity index (χ1) is 26.1. The standard InChI is InChI=1S/C51H36N2/c1-35-15-13-21-39(31-35)52(37-17-5-3-6-18-37)41-27-29-45-46-30-28-42(53(38-19-7-4-8-20-38)40-22-14-16-36(2)32-40)34-50(46)51(49(45)33-41)47-25-11-9-23-43(47)44-24-10-12-26-48(44)51/h3-7,9-19,21-34H,1-2H3. The molecule has 250 valence electrons. The van der Waals surface area contributed by atoms with Gasteiger partial charge in [-0.25, -0.2) is 0 Å². The topological polar surface area (TPSA) is 6.48 Å². The maximum absolute atomic E-state index is 3.41. The second-order valence-corrected chi connectivity index (χ2v) is 14.2. The van der Waals surface area contributed by atoms with Gasteiger partial charge >= 0.3 is 0 Å². The maximum atomic E-state index is 3.41. The fraction of sp³-hybridized carbons (Fsp3) is 0.0588. The lowest BCUT2D eigenvalue weighted by Crippen LogP contribution is -2.26. The molecule has 2 nitrogen and oxygen atoms in total. The van der Waals surface area contributed by atoms with Crippen LogP contribution in [0.4, 0.5) is 34.1 Å². The van der Waals surface area contributed by atoms with Crippen LogP contribution in [-0.4, -0.2) is 0 Å². The Morgan fingerprint density at radius 2 is 0.868 bits per heavy atom. The highest BCUT2D eigenvalue weighted by atomic mass is 15.1. The van der Waals surface area contributed by atoms with Gasteiger partial charge in [-0.3, -0.25) is 0 Å². The molecule has 0 saturated carbocycles. The predicted molar refractivity (Wildman–Crippen MR) is 219 cm³/mol. The Morgan fingerprint density at radius 1 is 0.377 bits per heavy atom. The Balaban J connectivity index is 1.26. The van der Waals surface area contributed by atoms with Gasteiger partial charge in [-0.1, -0.05) is 115 Å². The molecule has 2 aliphatic carbocycles. The summed E-state index contributed by atoms with van der Waals surface area (Å²) in [4.78, 5) is 4.71. The van der Waals surface area contributed by atoms with Crippen molar-refractivity contribution in [3.05, 3.63) is 228 Å². The fourth-order valence-corrected chi connectivity index (χ4v) is 8.85. The molecule has 0 unspecified atom stereocenters. The van der Waals surface area contributed by atoms with Crippen LogP contribution in [-0.2, 0) is 5.41 Å². The van der Waals surface area contributed by atoms with Gasteiger partial charge in [-0.05, 0) is 148 Å². The molecule has 10 rings (SSSR count). The largest absolute Gasteiger partial charge is 0.310 e. The van der Waals surface area contributed by atoms with Crippen LogP contribution < -0.4 is 9.80 Å². The zero-order chi connectivity index (χ0) is 35.5. The first-order valence-electron chi connectivity index (χ1n) is 18.3.